The third-order valence-corrected chi connectivity index (χ3v) is 7.16. The molecule has 0 amide bonds. The molecule has 9 nitrogen and oxygen atoms in total. The summed E-state index contributed by atoms with van der Waals surface area (Å²) in [7, 11) is 1.56. The number of benzene rings is 3. The first-order valence-corrected chi connectivity index (χ1v) is 15.9. The summed E-state index contributed by atoms with van der Waals surface area (Å²) in [4.78, 5) is 40.0. The van der Waals surface area contributed by atoms with E-state index < -0.39 is 11.9 Å². The van der Waals surface area contributed by atoms with Gasteiger partial charge in [-0.25, -0.2) is 9.59 Å². The highest BCUT2D eigenvalue weighted by atomic mass is 32.2. The summed E-state index contributed by atoms with van der Waals surface area (Å²) >= 11 is 1.10. The number of unbranched alkanes of at least 4 members (excludes halogenated alkanes) is 2. The van der Waals surface area contributed by atoms with Gasteiger partial charge in [0.25, 0.3) is 0 Å². The van der Waals surface area contributed by atoms with Crippen molar-refractivity contribution in [1.82, 2.24) is 0 Å². The van der Waals surface area contributed by atoms with Crippen LogP contribution in [0.25, 0.3) is 6.08 Å². The number of nitrogens with zero attached hydrogens (tertiary/aromatic N) is 1. The Labute approximate surface area is 279 Å². The van der Waals surface area contributed by atoms with Crippen molar-refractivity contribution < 1.29 is 38.1 Å². The standard InChI is InChI=1S/C37H39NO8S/c1-4-35(39)45-24-8-6-22-43-30-15-10-28(11-16-30)14-21-37(41)47-32-19-20-33(34(26-32)42-3)38-27-29-12-17-31(18-13-29)44-23-7-9-25-46-36(40)5-2/h4-5,10-21,26-27H,1-2,6-9,22-25H2,3H3. The SMILES string of the molecule is C=CC(=O)OCCCCOc1ccc(C=CC(=O)Sc2ccc(N=Cc3ccc(OCCCCOC(=O)C=C)cc3)c(OC)c2)cc1. The first-order chi connectivity index (χ1) is 22.9. The van der Waals surface area contributed by atoms with Crippen LogP contribution in [0.15, 0.2) is 108 Å². The molecule has 10 heteroatoms. The van der Waals surface area contributed by atoms with Crippen LogP contribution < -0.4 is 14.2 Å². The van der Waals surface area contributed by atoms with E-state index in [9.17, 15) is 14.4 Å². The van der Waals surface area contributed by atoms with E-state index in [2.05, 4.69) is 18.2 Å². The molecule has 0 saturated carbocycles. The Balaban J connectivity index is 1.42. The van der Waals surface area contributed by atoms with Gasteiger partial charge in [-0.1, -0.05) is 31.4 Å². The predicted molar refractivity (Wildman–Crippen MR) is 185 cm³/mol. The number of aliphatic imine (C=N–C) groups is 1. The van der Waals surface area contributed by atoms with Gasteiger partial charge in [-0.3, -0.25) is 9.79 Å². The summed E-state index contributed by atoms with van der Waals surface area (Å²) in [5, 5.41) is -0.126. The first-order valence-electron chi connectivity index (χ1n) is 15.1. The second-order valence-electron chi connectivity index (χ2n) is 9.84. The number of esters is 2. The monoisotopic (exact) mass is 657 g/mol. The molecule has 0 spiro atoms. The van der Waals surface area contributed by atoms with E-state index in [4.69, 9.17) is 23.7 Å². The van der Waals surface area contributed by atoms with Crippen LogP contribution in [0.3, 0.4) is 0 Å². The average molecular weight is 658 g/mol. The lowest BCUT2D eigenvalue weighted by atomic mass is 10.2. The highest BCUT2D eigenvalue weighted by Gasteiger charge is 2.07. The molecule has 0 aliphatic heterocycles. The fraction of sp³-hybridized carbons (Fsp3) is 0.243. The second kappa shape index (κ2) is 20.8. The molecule has 0 fully saturated rings. The Morgan fingerprint density at radius 1 is 0.723 bits per heavy atom. The van der Waals surface area contributed by atoms with Crippen molar-refractivity contribution in [2.45, 2.75) is 30.6 Å². The van der Waals surface area contributed by atoms with Gasteiger partial charge in [0.05, 0.1) is 33.5 Å². The second-order valence-corrected chi connectivity index (χ2v) is 10.9. The molecule has 0 bridgehead atoms. The largest absolute Gasteiger partial charge is 0.494 e. The Morgan fingerprint density at radius 3 is 1.79 bits per heavy atom. The number of methoxy groups -OCH3 is 1. The number of hydrogen-bond donors (Lipinski definition) is 0. The van der Waals surface area contributed by atoms with Crippen molar-refractivity contribution in [3.63, 3.8) is 0 Å². The molecule has 0 N–H and O–H groups in total. The molecule has 47 heavy (non-hydrogen) atoms. The lowest BCUT2D eigenvalue weighted by Crippen LogP contribution is -2.04. The fourth-order valence-corrected chi connectivity index (χ4v) is 4.53. The minimum Gasteiger partial charge on any atom is -0.494 e. The number of carbonyl (C=O) groups is 3. The summed E-state index contributed by atoms with van der Waals surface area (Å²) in [5.41, 5.74) is 2.39. The van der Waals surface area contributed by atoms with Gasteiger partial charge in [0, 0.05) is 23.3 Å². The zero-order chi connectivity index (χ0) is 33.7. The first kappa shape index (κ1) is 36.4. The van der Waals surface area contributed by atoms with Crippen LogP contribution in [0.1, 0.15) is 36.8 Å². The van der Waals surface area contributed by atoms with E-state index >= 15 is 0 Å². The van der Waals surface area contributed by atoms with Crippen molar-refractivity contribution in [2.75, 3.05) is 33.5 Å². The molecule has 246 valence electrons. The third-order valence-electron chi connectivity index (χ3n) is 6.33. The maximum atomic E-state index is 12.6. The molecular formula is C37H39NO8S. The lowest BCUT2D eigenvalue weighted by molar-refractivity contribution is -0.138. The Morgan fingerprint density at radius 2 is 1.26 bits per heavy atom. The van der Waals surface area contributed by atoms with Crippen LogP contribution in [0.5, 0.6) is 17.2 Å². The summed E-state index contributed by atoms with van der Waals surface area (Å²) in [6.07, 6.45) is 10.2. The number of rotatable bonds is 20. The predicted octanol–water partition coefficient (Wildman–Crippen LogP) is 7.55. The van der Waals surface area contributed by atoms with Gasteiger partial charge >= 0.3 is 11.9 Å². The van der Waals surface area contributed by atoms with E-state index in [1.807, 2.05) is 60.7 Å². The zero-order valence-corrected chi connectivity index (χ0v) is 27.2. The number of hydrogen-bond acceptors (Lipinski definition) is 10. The van der Waals surface area contributed by atoms with Gasteiger partial charge in [0.1, 0.15) is 22.9 Å². The van der Waals surface area contributed by atoms with Crippen molar-refractivity contribution in [3.05, 3.63) is 109 Å². The van der Waals surface area contributed by atoms with Crippen LogP contribution in [0.4, 0.5) is 5.69 Å². The molecule has 3 aromatic rings. The topological polar surface area (TPSA) is 110 Å². The van der Waals surface area contributed by atoms with E-state index in [0.29, 0.717) is 50.7 Å². The Bertz CT molecular complexity index is 1530. The van der Waals surface area contributed by atoms with E-state index in [0.717, 1.165) is 64.3 Å². The summed E-state index contributed by atoms with van der Waals surface area (Å²) < 4.78 is 26.9. The normalized spacial score (nSPS) is 10.8. The van der Waals surface area contributed by atoms with Crippen LogP contribution >= 0.6 is 11.8 Å². The highest BCUT2D eigenvalue weighted by molar-refractivity contribution is 8.14. The van der Waals surface area contributed by atoms with E-state index in [1.54, 1.807) is 25.5 Å². The minimum atomic E-state index is -0.423. The molecule has 3 rings (SSSR count). The van der Waals surface area contributed by atoms with Crippen LogP contribution in [-0.2, 0) is 23.9 Å². The van der Waals surface area contributed by atoms with Crippen LogP contribution in [0, 0.1) is 0 Å². The average Bonchev–Trinajstić information content (AvgIpc) is 3.10. The number of thioether (sulfide) groups is 1. The lowest BCUT2D eigenvalue weighted by Gasteiger charge is -2.07. The van der Waals surface area contributed by atoms with E-state index in [1.165, 1.54) is 6.08 Å². The molecule has 0 aliphatic carbocycles. The summed E-state index contributed by atoms with van der Waals surface area (Å²) in [6, 6.07) is 20.4. The van der Waals surface area contributed by atoms with Crippen molar-refractivity contribution in [3.8, 4) is 17.2 Å². The number of ether oxygens (including phenoxy) is 5. The molecule has 0 aliphatic rings. The van der Waals surface area contributed by atoms with Crippen molar-refractivity contribution in [2.24, 2.45) is 4.99 Å². The van der Waals surface area contributed by atoms with Crippen molar-refractivity contribution >= 4 is 46.8 Å². The molecule has 3 aromatic carbocycles. The zero-order valence-electron chi connectivity index (χ0n) is 26.4. The Hall–Kier alpha value is -5.09. The molecule has 0 saturated heterocycles. The van der Waals surface area contributed by atoms with Gasteiger partial charge in [-0.05, 0) is 109 Å². The highest BCUT2D eigenvalue weighted by Crippen LogP contribution is 2.33. The maximum absolute atomic E-state index is 12.6. The molecule has 0 radical (unpaired) electrons. The van der Waals surface area contributed by atoms with Gasteiger partial charge in [0.2, 0.25) is 5.12 Å². The van der Waals surface area contributed by atoms with Gasteiger partial charge in [-0.15, -0.1) is 0 Å². The molecular weight excluding hydrogens is 618 g/mol. The third kappa shape index (κ3) is 14.3. The van der Waals surface area contributed by atoms with Crippen LogP contribution in [0.2, 0.25) is 0 Å². The fourth-order valence-electron chi connectivity index (χ4n) is 3.86. The summed E-state index contributed by atoms with van der Waals surface area (Å²) in [5.74, 6) is 1.17. The smallest absolute Gasteiger partial charge is 0.330 e. The van der Waals surface area contributed by atoms with E-state index in [-0.39, 0.29) is 5.12 Å². The van der Waals surface area contributed by atoms with Gasteiger partial charge in [-0.2, -0.15) is 0 Å². The maximum Gasteiger partial charge on any atom is 0.330 e. The summed E-state index contributed by atoms with van der Waals surface area (Å²) in [6.45, 7) is 8.43. The molecule has 0 atom stereocenters. The van der Waals surface area contributed by atoms with Gasteiger partial charge in [0.15, 0.2) is 0 Å². The van der Waals surface area contributed by atoms with Crippen LogP contribution in [-0.4, -0.2) is 56.8 Å². The quantitative estimate of drug-likeness (QED) is 0.0400. The minimum absolute atomic E-state index is 0.126. The number of carbonyl (C=O) groups excluding carboxylic acids is 3. The Kier molecular flexibility index (Phi) is 16.1. The molecule has 0 heterocycles. The molecule has 0 aromatic heterocycles. The van der Waals surface area contributed by atoms with Gasteiger partial charge < -0.3 is 23.7 Å². The molecule has 0 unspecified atom stereocenters. The van der Waals surface area contributed by atoms with Crippen molar-refractivity contribution in [1.29, 1.82) is 0 Å².